The van der Waals surface area contributed by atoms with Crippen molar-refractivity contribution in [2.75, 3.05) is 19.6 Å². The van der Waals surface area contributed by atoms with E-state index in [0.717, 1.165) is 35.0 Å². The first-order valence-corrected chi connectivity index (χ1v) is 11.7. The molecule has 158 valence electrons. The number of amides is 1. The summed E-state index contributed by atoms with van der Waals surface area (Å²) in [5, 5.41) is 5.22. The fourth-order valence-corrected chi connectivity index (χ4v) is 5.20. The summed E-state index contributed by atoms with van der Waals surface area (Å²) >= 11 is 1.58. The molecule has 0 bridgehead atoms. The lowest BCUT2D eigenvalue weighted by Gasteiger charge is -2.28. The number of aromatic nitrogens is 2. The van der Waals surface area contributed by atoms with Crippen molar-refractivity contribution in [2.24, 2.45) is 0 Å². The lowest BCUT2D eigenvalue weighted by atomic mass is 10.1. The van der Waals surface area contributed by atoms with Crippen LogP contribution in [0, 0.1) is 0 Å². The van der Waals surface area contributed by atoms with Gasteiger partial charge in [0, 0.05) is 29.4 Å². The first kappa shape index (κ1) is 20.0. The number of nitrogens with zero attached hydrogens (tertiary/aromatic N) is 3. The Morgan fingerprint density at radius 3 is 2.48 bits per heavy atom. The van der Waals surface area contributed by atoms with Crippen LogP contribution in [-0.2, 0) is 11.2 Å². The molecule has 2 aromatic heterocycles. The third-order valence-electron chi connectivity index (χ3n) is 5.95. The van der Waals surface area contributed by atoms with Crippen LogP contribution in [0.25, 0.3) is 16.2 Å². The monoisotopic (exact) mass is 430 g/mol. The number of thiazole rings is 1. The van der Waals surface area contributed by atoms with E-state index in [2.05, 4.69) is 46.6 Å². The molecule has 0 saturated carbocycles. The van der Waals surface area contributed by atoms with Gasteiger partial charge in [-0.1, -0.05) is 60.7 Å². The Kier molecular flexibility index (Phi) is 5.82. The molecule has 3 heterocycles. The second-order valence-corrected chi connectivity index (χ2v) is 8.86. The average Bonchev–Trinajstić information content (AvgIpc) is 3.55. The maximum atomic E-state index is 12.8. The molecule has 4 aromatic rings. The van der Waals surface area contributed by atoms with Crippen LogP contribution in [0.2, 0.25) is 0 Å². The van der Waals surface area contributed by atoms with Crippen LogP contribution in [0.15, 0.2) is 72.2 Å². The van der Waals surface area contributed by atoms with E-state index in [0.29, 0.717) is 13.0 Å². The van der Waals surface area contributed by atoms with Gasteiger partial charge in [0.15, 0.2) is 4.96 Å². The summed E-state index contributed by atoms with van der Waals surface area (Å²) in [6.45, 7) is 2.82. The predicted octanol–water partition coefficient (Wildman–Crippen LogP) is 4.56. The van der Waals surface area contributed by atoms with E-state index in [9.17, 15) is 4.79 Å². The normalized spacial score (nSPS) is 15.4. The van der Waals surface area contributed by atoms with Crippen LogP contribution in [0.4, 0.5) is 0 Å². The molecule has 5 nitrogen and oxygen atoms in total. The van der Waals surface area contributed by atoms with Crippen molar-refractivity contribution in [1.29, 1.82) is 0 Å². The summed E-state index contributed by atoms with van der Waals surface area (Å²) in [6.07, 6.45) is 4.84. The highest BCUT2D eigenvalue weighted by molar-refractivity contribution is 7.15. The van der Waals surface area contributed by atoms with Crippen molar-refractivity contribution >= 4 is 22.2 Å². The van der Waals surface area contributed by atoms with Gasteiger partial charge in [0.05, 0.1) is 18.2 Å². The summed E-state index contributed by atoms with van der Waals surface area (Å²) in [5.41, 5.74) is 4.27. The van der Waals surface area contributed by atoms with E-state index in [-0.39, 0.29) is 11.9 Å². The molecule has 0 spiro atoms. The standard InChI is InChI=1S/C25H26N4OS/c30-24(26-16-23(28-13-7-8-14-28)20-11-5-2-6-12-20)15-21-18-31-25-27-22(17-29(21)25)19-9-3-1-4-10-19/h1-6,9-12,17-18,23H,7-8,13-16H2,(H,26,30). The van der Waals surface area contributed by atoms with E-state index < -0.39 is 0 Å². The maximum Gasteiger partial charge on any atom is 0.226 e. The quantitative estimate of drug-likeness (QED) is 0.468. The van der Waals surface area contributed by atoms with Crippen molar-refractivity contribution in [3.05, 3.63) is 83.5 Å². The number of fused-ring (bicyclic) bond motifs is 1. The SMILES string of the molecule is O=C(Cc1csc2nc(-c3ccccc3)cn12)NCC(c1ccccc1)N1CCCC1. The smallest absolute Gasteiger partial charge is 0.226 e. The summed E-state index contributed by atoms with van der Waals surface area (Å²) in [4.78, 5) is 20.9. The molecule has 1 aliphatic heterocycles. The van der Waals surface area contributed by atoms with Gasteiger partial charge in [0.1, 0.15) is 0 Å². The predicted molar refractivity (Wildman–Crippen MR) is 125 cm³/mol. The van der Waals surface area contributed by atoms with Crippen LogP contribution in [0.1, 0.15) is 30.1 Å². The molecule has 2 aromatic carbocycles. The Morgan fingerprint density at radius 2 is 1.74 bits per heavy atom. The summed E-state index contributed by atoms with van der Waals surface area (Å²) < 4.78 is 2.04. The molecule has 31 heavy (non-hydrogen) atoms. The molecule has 0 radical (unpaired) electrons. The Balaban J connectivity index is 1.27. The van der Waals surface area contributed by atoms with Gasteiger partial charge in [0.2, 0.25) is 5.91 Å². The molecule has 6 heteroatoms. The second kappa shape index (κ2) is 9.04. The van der Waals surface area contributed by atoms with Gasteiger partial charge in [-0.05, 0) is 31.5 Å². The first-order chi connectivity index (χ1) is 15.3. The molecule has 1 unspecified atom stereocenters. The van der Waals surface area contributed by atoms with Crippen molar-refractivity contribution in [3.63, 3.8) is 0 Å². The molecule has 1 N–H and O–H groups in total. The Bertz CT molecular complexity index is 1150. The highest BCUT2D eigenvalue weighted by Crippen LogP contribution is 2.25. The van der Waals surface area contributed by atoms with Gasteiger partial charge in [-0.25, -0.2) is 4.98 Å². The number of benzene rings is 2. The van der Waals surface area contributed by atoms with Crippen LogP contribution in [0.5, 0.6) is 0 Å². The molecule has 1 fully saturated rings. The number of hydrogen-bond donors (Lipinski definition) is 1. The third-order valence-corrected chi connectivity index (χ3v) is 6.84. The summed E-state index contributed by atoms with van der Waals surface area (Å²) in [5.74, 6) is 0.0507. The molecule has 1 atom stereocenters. The number of nitrogens with one attached hydrogen (secondary N) is 1. The van der Waals surface area contributed by atoms with E-state index in [1.54, 1.807) is 11.3 Å². The lowest BCUT2D eigenvalue weighted by Crippen LogP contribution is -2.37. The first-order valence-electron chi connectivity index (χ1n) is 10.8. The van der Waals surface area contributed by atoms with Crippen molar-refractivity contribution < 1.29 is 4.79 Å². The number of hydrogen-bond acceptors (Lipinski definition) is 4. The molecule has 1 saturated heterocycles. The van der Waals surface area contributed by atoms with Gasteiger partial charge < -0.3 is 5.32 Å². The van der Waals surface area contributed by atoms with Crippen molar-refractivity contribution in [1.82, 2.24) is 19.6 Å². The lowest BCUT2D eigenvalue weighted by molar-refractivity contribution is -0.120. The highest BCUT2D eigenvalue weighted by atomic mass is 32.1. The zero-order valence-electron chi connectivity index (χ0n) is 17.4. The zero-order valence-corrected chi connectivity index (χ0v) is 18.2. The fraction of sp³-hybridized carbons (Fsp3) is 0.280. The topological polar surface area (TPSA) is 49.6 Å². The molecule has 5 rings (SSSR count). The maximum absolute atomic E-state index is 12.8. The minimum Gasteiger partial charge on any atom is -0.354 e. The summed E-state index contributed by atoms with van der Waals surface area (Å²) in [6, 6.07) is 20.9. The number of rotatable bonds is 7. The molecule has 0 aliphatic carbocycles. The Morgan fingerprint density at radius 1 is 1.03 bits per heavy atom. The van der Waals surface area contributed by atoms with Crippen LogP contribution < -0.4 is 5.32 Å². The Labute approximate surface area is 186 Å². The molecular weight excluding hydrogens is 404 g/mol. The van der Waals surface area contributed by atoms with E-state index in [1.807, 2.05) is 40.2 Å². The zero-order chi connectivity index (χ0) is 21.0. The van der Waals surface area contributed by atoms with Crippen molar-refractivity contribution in [2.45, 2.75) is 25.3 Å². The van der Waals surface area contributed by atoms with Crippen LogP contribution in [-0.4, -0.2) is 39.8 Å². The van der Waals surface area contributed by atoms with Crippen LogP contribution in [0.3, 0.4) is 0 Å². The van der Waals surface area contributed by atoms with Gasteiger partial charge in [-0.2, -0.15) is 0 Å². The third kappa shape index (κ3) is 4.40. The van der Waals surface area contributed by atoms with E-state index >= 15 is 0 Å². The minimum atomic E-state index is 0.0507. The van der Waals surface area contributed by atoms with E-state index in [4.69, 9.17) is 4.98 Å². The highest BCUT2D eigenvalue weighted by Gasteiger charge is 2.24. The van der Waals surface area contributed by atoms with E-state index in [1.165, 1.54) is 18.4 Å². The largest absolute Gasteiger partial charge is 0.354 e. The minimum absolute atomic E-state index is 0.0507. The van der Waals surface area contributed by atoms with Gasteiger partial charge >= 0.3 is 0 Å². The number of carbonyl (C=O) groups is 1. The fourth-order valence-electron chi connectivity index (χ4n) is 4.33. The molecule has 1 aliphatic rings. The number of imidazole rings is 1. The summed E-state index contributed by atoms with van der Waals surface area (Å²) in [7, 11) is 0. The Hall–Kier alpha value is -2.96. The van der Waals surface area contributed by atoms with Gasteiger partial charge in [0.25, 0.3) is 0 Å². The van der Waals surface area contributed by atoms with Gasteiger partial charge in [-0.3, -0.25) is 14.1 Å². The molecule has 1 amide bonds. The average molecular weight is 431 g/mol. The van der Waals surface area contributed by atoms with Gasteiger partial charge in [-0.15, -0.1) is 11.3 Å². The molecular formula is C25H26N4OS. The van der Waals surface area contributed by atoms with Crippen LogP contribution >= 0.6 is 11.3 Å². The number of likely N-dealkylation sites (tertiary alicyclic amines) is 1. The van der Waals surface area contributed by atoms with Crippen molar-refractivity contribution in [3.8, 4) is 11.3 Å². The number of carbonyl (C=O) groups excluding carboxylic acids is 1. The second-order valence-electron chi connectivity index (χ2n) is 8.02.